The molecule has 0 spiro atoms. The van der Waals surface area contributed by atoms with Crippen molar-refractivity contribution in [2.45, 2.75) is 6.92 Å². The summed E-state index contributed by atoms with van der Waals surface area (Å²) >= 11 is 0. The van der Waals surface area contributed by atoms with Gasteiger partial charge in [-0.05, 0) is 12.1 Å². The molecular formula is C10H11N3O2. The Balaban J connectivity index is 2.57. The molecule has 0 amide bonds. The molecule has 1 aromatic carbocycles. The van der Waals surface area contributed by atoms with Crippen molar-refractivity contribution in [2.24, 2.45) is 0 Å². The van der Waals surface area contributed by atoms with E-state index in [9.17, 15) is 0 Å². The lowest BCUT2D eigenvalue weighted by molar-refractivity contribution is 0.416. The Kier molecular flexibility index (Phi) is 2.29. The number of ether oxygens (including phenoxy) is 1. The number of rotatable bonds is 2. The largest absolute Gasteiger partial charge is 0.494 e. The molecule has 0 unspecified atom stereocenters. The number of anilines is 1. The lowest BCUT2D eigenvalue weighted by Gasteiger charge is -2.07. The fourth-order valence-corrected chi connectivity index (χ4v) is 1.36. The Labute approximate surface area is 86.9 Å². The predicted octanol–water partition coefficient (Wildman–Crippen LogP) is 1.64. The normalized spacial score (nSPS) is 10.3. The minimum absolute atomic E-state index is 0.414. The summed E-state index contributed by atoms with van der Waals surface area (Å²) in [6, 6.07) is 5.39. The Hall–Kier alpha value is -2.04. The van der Waals surface area contributed by atoms with E-state index >= 15 is 0 Å². The fourth-order valence-electron chi connectivity index (χ4n) is 1.36. The Bertz CT molecular complexity index is 479. The van der Waals surface area contributed by atoms with E-state index in [2.05, 4.69) is 10.2 Å². The third-order valence-corrected chi connectivity index (χ3v) is 2.01. The first-order valence-electron chi connectivity index (χ1n) is 4.45. The number of nitrogens with two attached hydrogens (primary N) is 1. The van der Waals surface area contributed by atoms with Crippen LogP contribution in [0.1, 0.15) is 5.89 Å². The van der Waals surface area contributed by atoms with E-state index in [1.54, 1.807) is 20.1 Å². The molecule has 2 rings (SSSR count). The highest BCUT2D eigenvalue weighted by Gasteiger charge is 2.13. The molecule has 1 aromatic heterocycles. The number of hydrogen-bond donors (Lipinski definition) is 1. The van der Waals surface area contributed by atoms with Crippen molar-refractivity contribution in [3.8, 4) is 17.2 Å². The van der Waals surface area contributed by atoms with E-state index in [0.717, 1.165) is 0 Å². The van der Waals surface area contributed by atoms with Gasteiger partial charge in [0.05, 0.1) is 18.4 Å². The summed E-state index contributed by atoms with van der Waals surface area (Å²) in [4.78, 5) is 0. The minimum Gasteiger partial charge on any atom is -0.494 e. The maximum absolute atomic E-state index is 5.76. The highest BCUT2D eigenvalue weighted by molar-refractivity contribution is 5.72. The van der Waals surface area contributed by atoms with Gasteiger partial charge in [0.1, 0.15) is 0 Å². The first-order chi connectivity index (χ1) is 7.22. The quantitative estimate of drug-likeness (QED) is 0.754. The SMILES string of the molecule is COc1c(N)cccc1-c1nnc(C)o1. The zero-order valence-corrected chi connectivity index (χ0v) is 8.52. The van der Waals surface area contributed by atoms with E-state index in [-0.39, 0.29) is 0 Å². The molecular weight excluding hydrogens is 194 g/mol. The second kappa shape index (κ2) is 3.61. The minimum atomic E-state index is 0.414. The predicted molar refractivity (Wildman–Crippen MR) is 55.4 cm³/mol. The standard InChI is InChI=1S/C10H11N3O2/c1-6-12-13-10(15-6)7-4-3-5-8(11)9(7)14-2/h3-5H,11H2,1-2H3. The van der Waals surface area contributed by atoms with Crippen LogP contribution in [0.4, 0.5) is 5.69 Å². The number of nitrogen functional groups attached to an aromatic ring is 1. The monoisotopic (exact) mass is 205 g/mol. The van der Waals surface area contributed by atoms with Gasteiger partial charge in [0.2, 0.25) is 5.89 Å². The van der Waals surface area contributed by atoms with Crippen molar-refractivity contribution < 1.29 is 9.15 Å². The summed E-state index contributed by atoms with van der Waals surface area (Å²) in [5.41, 5.74) is 7.01. The van der Waals surface area contributed by atoms with Crippen LogP contribution in [0.15, 0.2) is 22.6 Å². The second-order valence-corrected chi connectivity index (χ2v) is 3.05. The molecule has 2 aromatic rings. The number of aromatic nitrogens is 2. The molecule has 0 aliphatic rings. The van der Waals surface area contributed by atoms with Crippen LogP contribution >= 0.6 is 0 Å². The average molecular weight is 205 g/mol. The Morgan fingerprint density at radius 2 is 2.13 bits per heavy atom. The van der Waals surface area contributed by atoms with Gasteiger partial charge in [0.15, 0.2) is 5.75 Å². The average Bonchev–Trinajstić information content (AvgIpc) is 2.64. The van der Waals surface area contributed by atoms with Crippen molar-refractivity contribution >= 4 is 5.69 Å². The van der Waals surface area contributed by atoms with Crippen molar-refractivity contribution in [2.75, 3.05) is 12.8 Å². The van der Waals surface area contributed by atoms with Crippen LogP contribution in [0.5, 0.6) is 5.75 Å². The summed E-state index contributed by atoms with van der Waals surface area (Å²) in [5.74, 6) is 1.48. The first-order valence-corrected chi connectivity index (χ1v) is 4.45. The molecule has 0 bridgehead atoms. The molecule has 0 saturated carbocycles. The summed E-state index contributed by atoms with van der Waals surface area (Å²) in [6.45, 7) is 1.73. The van der Waals surface area contributed by atoms with Gasteiger partial charge in [0.25, 0.3) is 5.89 Å². The number of para-hydroxylation sites is 1. The van der Waals surface area contributed by atoms with Gasteiger partial charge in [-0.3, -0.25) is 0 Å². The Morgan fingerprint density at radius 1 is 1.33 bits per heavy atom. The number of hydrogen-bond acceptors (Lipinski definition) is 5. The van der Waals surface area contributed by atoms with Crippen LogP contribution in [0.25, 0.3) is 11.5 Å². The van der Waals surface area contributed by atoms with Crippen LogP contribution in [-0.4, -0.2) is 17.3 Å². The van der Waals surface area contributed by atoms with E-state index in [1.807, 2.05) is 12.1 Å². The van der Waals surface area contributed by atoms with E-state index < -0.39 is 0 Å². The molecule has 5 nitrogen and oxygen atoms in total. The number of methoxy groups -OCH3 is 1. The number of benzene rings is 1. The van der Waals surface area contributed by atoms with Gasteiger partial charge >= 0.3 is 0 Å². The van der Waals surface area contributed by atoms with Crippen LogP contribution in [0, 0.1) is 6.92 Å². The molecule has 0 fully saturated rings. The Morgan fingerprint density at radius 3 is 2.73 bits per heavy atom. The van der Waals surface area contributed by atoms with Crippen LogP contribution in [0.2, 0.25) is 0 Å². The summed E-state index contributed by atoms with van der Waals surface area (Å²) in [5, 5.41) is 7.67. The zero-order chi connectivity index (χ0) is 10.8. The summed E-state index contributed by atoms with van der Waals surface area (Å²) < 4.78 is 10.5. The van der Waals surface area contributed by atoms with E-state index in [4.69, 9.17) is 14.9 Å². The topological polar surface area (TPSA) is 74.2 Å². The highest BCUT2D eigenvalue weighted by Crippen LogP contribution is 2.33. The maximum atomic E-state index is 5.76. The molecule has 78 valence electrons. The van der Waals surface area contributed by atoms with Gasteiger partial charge in [-0.25, -0.2) is 0 Å². The van der Waals surface area contributed by atoms with Crippen molar-refractivity contribution in [1.29, 1.82) is 0 Å². The maximum Gasteiger partial charge on any atom is 0.251 e. The first kappa shape index (κ1) is 9.51. The number of nitrogens with zero attached hydrogens (tertiary/aromatic N) is 2. The fraction of sp³-hybridized carbons (Fsp3) is 0.200. The summed E-state index contributed by atoms with van der Waals surface area (Å²) in [7, 11) is 1.55. The molecule has 0 atom stereocenters. The van der Waals surface area contributed by atoms with Crippen molar-refractivity contribution in [3.63, 3.8) is 0 Å². The molecule has 15 heavy (non-hydrogen) atoms. The van der Waals surface area contributed by atoms with E-state index in [1.165, 1.54) is 0 Å². The van der Waals surface area contributed by atoms with Gasteiger partial charge < -0.3 is 14.9 Å². The van der Waals surface area contributed by atoms with E-state index in [0.29, 0.717) is 28.8 Å². The lowest BCUT2D eigenvalue weighted by atomic mass is 10.2. The zero-order valence-electron chi connectivity index (χ0n) is 8.52. The van der Waals surface area contributed by atoms with Crippen LogP contribution < -0.4 is 10.5 Å². The molecule has 0 aliphatic heterocycles. The number of aryl methyl sites for hydroxylation is 1. The smallest absolute Gasteiger partial charge is 0.251 e. The molecule has 2 N–H and O–H groups in total. The molecule has 0 radical (unpaired) electrons. The third kappa shape index (κ3) is 1.63. The van der Waals surface area contributed by atoms with Gasteiger partial charge in [-0.1, -0.05) is 6.07 Å². The van der Waals surface area contributed by atoms with Gasteiger partial charge in [-0.15, -0.1) is 10.2 Å². The second-order valence-electron chi connectivity index (χ2n) is 3.05. The molecule has 0 aliphatic carbocycles. The lowest BCUT2D eigenvalue weighted by Crippen LogP contribution is -1.94. The van der Waals surface area contributed by atoms with Crippen molar-refractivity contribution in [1.82, 2.24) is 10.2 Å². The molecule has 5 heteroatoms. The van der Waals surface area contributed by atoms with Crippen LogP contribution in [0.3, 0.4) is 0 Å². The summed E-state index contributed by atoms with van der Waals surface area (Å²) in [6.07, 6.45) is 0. The molecule has 0 saturated heterocycles. The van der Waals surface area contributed by atoms with Gasteiger partial charge in [0, 0.05) is 6.92 Å². The van der Waals surface area contributed by atoms with Crippen molar-refractivity contribution in [3.05, 3.63) is 24.1 Å². The third-order valence-electron chi connectivity index (χ3n) is 2.01. The highest BCUT2D eigenvalue weighted by atomic mass is 16.5. The van der Waals surface area contributed by atoms with Crippen LogP contribution in [-0.2, 0) is 0 Å². The molecule has 1 heterocycles. The van der Waals surface area contributed by atoms with Gasteiger partial charge in [-0.2, -0.15) is 0 Å².